The maximum Gasteiger partial charge on any atom is 0.160 e. The molecular weight excluding hydrogens is 667 g/mol. The molecule has 0 saturated heterocycles. The van der Waals surface area contributed by atoms with Crippen molar-refractivity contribution in [3.8, 4) is 67.3 Å². The van der Waals surface area contributed by atoms with Crippen LogP contribution in [-0.2, 0) is 5.41 Å². The van der Waals surface area contributed by atoms with E-state index < -0.39 is 0 Å². The zero-order valence-electron chi connectivity index (χ0n) is 30.9. The van der Waals surface area contributed by atoms with Gasteiger partial charge in [-0.15, -0.1) is 0 Å². The zero-order valence-corrected chi connectivity index (χ0v) is 30.9. The molecule has 3 aliphatic rings. The van der Waals surface area contributed by atoms with Crippen molar-refractivity contribution in [2.24, 2.45) is 0 Å². The van der Waals surface area contributed by atoms with Crippen molar-refractivity contribution in [2.45, 2.75) is 31.1 Å². The Bertz CT molecular complexity index is 2760. The first-order valence-electron chi connectivity index (χ1n) is 19.6. The predicted molar refractivity (Wildman–Crippen MR) is 227 cm³/mol. The molecule has 3 heteroatoms. The summed E-state index contributed by atoms with van der Waals surface area (Å²) in [5.41, 5.74) is 19.8. The largest absolute Gasteiger partial charge is 0.228 e. The van der Waals surface area contributed by atoms with Gasteiger partial charge < -0.3 is 0 Å². The summed E-state index contributed by atoms with van der Waals surface area (Å²) in [5.74, 6) is 0.721. The van der Waals surface area contributed by atoms with Crippen LogP contribution in [0.3, 0.4) is 0 Å². The van der Waals surface area contributed by atoms with E-state index >= 15 is 0 Å². The Balaban J connectivity index is 1.06. The highest BCUT2D eigenvalue weighted by molar-refractivity contribution is 6.02. The lowest BCUT2D eigenvalue weighted by atomic mass is 9.76. The summed E-state index contributed by atoms with van der Waals surface area (Å²) in [5, 5.41) is 0. The molecule has 7 aromatic carbocycles. The van der Waals surface area contributed by atoms with Crippen LogP contribution in [0.2, 0.25) is 0 Å². The standard InChI is InChI=1S/C52H40N3/c1-55(49-24-11-9-22-42(49)44-32-43-41-21-8-10-23-45(41)52(29-12-13-30-52)46(43)33-50(44)55)40-20-14-19-39(31-40)51-53-47(37-17-6-3-7-18-37)34-48(54-51)38-27-25-36(26-28-38)35-15-4-2-5-16-35/h2-11,14-28,31-34H,12-13,29-30H2,1H3/q+1. The van der Waals surface area contributed by atoms with Gasteiger partial charge in [-0.05, 0) is 64.4 Å². The Morgan fingerprint density at radius 2 is 1.00 bits per heavy atom. The Morgan fingerprint density at radius 1 is 0.418 bits per heavy atom. The third-order valence-corrected chi connectivity index (χ3v) is 12.7. The van der Waals surface area contributed by atoms with E-state index in [1.165, 1.54) is 87.3 Å². The molecule has 1 spiro atoms. The smallest absolute Gasteiger partial charge is 0.160 e. The molecule has 0 radical (unpaired) electrons. The molecule has 3 nitrogen and oxygen atoms in total. The van der Waals surface area contributed by atoms with Crippen LogP contribution >= 0.6 is 0 Å². The van der Waals surface area contributed by atoms with Gasteiger partial charge in [0, 0.05) is 51.9 Å². The van der Waals surface area contributed by atoms with E-state index in [0.29, 0.717) is 4.48 Å². The lowest BCUT2D eigenvalue weighted by Gasteiger charge is -2.32. The Morgan fingerprint density at radius 3 is 1.75 bits per heavy atom. The van der Waals surface area contributed by atoms with Crippen molar-refractivity contribution < 1.29 is 0 Å². The summed E-state index contributed by atoms with van der Waals surface area (Å²) in [4.78, 5) is 10.5. The highest BCUT2D eigenvalue weighted by Gasteiger charge is 2.49. The number of hydrogen-bond donors (Lipinski definition) is 0. The number of para-hydroxylation sites is 1. The fourth-order valence-corrected chi connectivity index (χ4v) is 9.96. The summed E-state index contributed by atoms with van der Waals surface area (Å²) >= 11 is 0. The molecule has 11 rings (SSSR count). The summed E-state index contributed by atoms with van der Waals surface area (Å²) in [6.07, 6.45) is 4.99. The molecular formula is C52H40N3+. The van der Waals surface area contributed by atoms with E-state index in [-0.39, 0.29) is 5.41 Å². The van der Waals surface area contributed by atoms with Crippen LogP contribution in [-0.4, -0.2) is 17.0 Å². The van der Waals surface area contributed by atoms with Gasteiger partial charge in [-0.3, -0.25) is 0 Å². The third-order valence-electron chi connectivity index (χ3n) is 12.7. The summed E-state index contributed by atoms with van der Waals surface area (Å²) in [6, 6.07) is 64.1. The molecule has 8 aromatic rings. The van der Waals surface area contributed by atoms with Crippen LogP contribution in [0.1, 0.15) is 36.8 Å². The summed E-state index contributed by atoms with van der Waals surface area (Å²) in [6.45, 7) is 0. The molecule has 1 atom stereocenters. The minimum absolute atomic E-state index is 0.101. The first kappa shape index (κ1) is 32.0. The highest BCUT2D eigenvalue weighted by atomic mass is 15.4. The van der Waals surface area contributed by atoms with E-state index in [9.17, 15) is 0 Å². The van der Waals surface area contributed by atoms with Crippen LogP contribution in [0, 0.1) is 0 Å². The summed E-state index contributed by atoms with van der Waals surface area (Å²) < 4.78 is 0.589. The summed E-state index contributed by atoms with van der Waals surface area (Å²) in [7, 11) is 2.38. The lowest BCUT2D eigenvalue weighted by molar-refractivity contribution is 0.547. The number of fused-ring (bicyclic) bond motifs is 8. The number of hydrogen-bond acceptors (Lipinski definition) is 2. The van der Waals surface area contributed by atoms with Crippen LogP contribution in [0.15, 0.2) is 176 Å². The fourth-order valence-electron chi connectivity index (χ4n) is 9.96. The van der Waals surface area contributed by atoms with Crippen molar-refractivity contribution in [3.63, 3.8) is 0 Å². The highest BCUT2D eigenvalue weighted by Crippen LogP contribution is 2.63. The van der Waals surface area contributed by atoms with Gasteiger partial charge in [0.25, 0.3) is 0 Å². The first-order chi connectivity index (χ1) is 27.1. The molecule has 55 heavy (non-hydrogen) atoms. The molecule has 0 bridgehead atoms. The van der Waals surface area contributed by atoms with Gasteiger partial charge in [0.2, 0.25) is 0 Å². The number of aromatic nitrogens is 2. The fraction of sp³-hybridized carbons (Fsp3) is 0.115. The van der Waals surface area contributed by atoms with Crippen LogP contribution in [0.4, 0.5) is 17.1 Å². The molecule has 1 fully saturated rings. The van der Waals surface area contributed by atoms with Crippen molar-refractivity contribution >= 4 is 17.1 Å². The number of nitrogens with zero attached hydrogens (tertiary/aromatic N) is 3. The van der Waals surface area contributed by atoms with Gasteiger partial charge in [-0.2, -0.15) is 0 Å². The van der Waals surface area contributed by atoms with Gasteiger partial charge in [0.1, 0.15) is 5.69 Å². The van der Waals surface area contributed by atoms with Crippen LogP contribution in [0.5, 0.6) is 0 Å². The normalized spacial score (nSPS) is 17.1. The number of quaternary nitrogens is 1. The van der Waals surface area contributed by atoms with Crippen LogP contribution in [0.25, 0.3) is 67.3 Å². The molecule has 262 valence electrons. The predicted octanol–water partition coefficient (Wildman–Crippen LogP) is 13.6. The maximum atomic E-state index is 5.28. The average Bonchev–Trinajstić information content (AvgIpc) is 3.94. The number of rotatable bonds is 5. The first-order valence-corrected chi connectivity index (χ1v) is 19.6. The molecule has 2 aliphatic carbocycles. The molecule has 1 aliphatic heterocycles. The second kappa shape index (κ2) is 12.3. The Kier molecular flexibility index (Phi) is 7.17. The molecule has 0 N–H and O–H groups in total. The van der Waals surface area contributed by atoms with Gasteiger partial charge >= 0.3 is 0 Å². The Hall–Kier alpha value is -6.42. The van der Waals surface area contributed by atoms with Crippen molar-refractivity contribution in [1.82, 2.24) is 14.5 Å². The van der Waals surface area contributed by atoms with Gasteiger partial charge in [0.15, 0.2) is 17.2 Å². The van der Waals surface area contributed by atoms with E-state index in [1.54, 1.807) is 0 Å². The number of benzene rings is 7. The molecule has 1 unspecified atom stereocenters. The topological polar surface area (TPSA) is 25.8 Å². The maximum absolute atomic E-state index is 5.28. The van der Waals surface area contributed by atoms with Gasteiger partial charge in [-0.1, -0.05) is 146 Å². The van der Waals surface area contributed by atoms with E-state index in [2.05, 4.69) is 183 Å². The minimum atomic E-state index is 0.101. The zero-order chi connectivity index (χ0) is 36.6. The third kappa shape index (κ3) is 4.86. The second-order valence-corrected chi connectivity index (χ2v) is 15.6. The molecule has 0 amide bonds. The lowest BCUT2D eigenvalue weighted by Crippen LogP contribution is -2.32. The average molecular weight is 707 g/mol. The molecule has 2 heterocycles. The van der Waals surface area contributed by atoms with E-state index in [4.69, 9.17) is 9.97 Å². The second-order valence-electron chi connectivity index (χ2n) is 15.6. The van der Waals surface area contributed by atoms with E-state index in [1.807, 2.05) is 0 Å². The van der Waals surface area contributed by atoms with Crippen LogP contribution < -0.4 is 4.48 Å². The molecule has 1 saturated carbocycles. The SMILES string of the molecule is C[N+]1(c2cccc(-c3nc(-c4ccccc4)cc(-c4ccc(-c5ccccc5)cc4)n3)c2)c2ccccc2-c2cc3c(cc21)C1(CCCC1)c1ccccc1-3. The quantitative estimate of drug-likeness (QED) is 0.167. The molecule has 1 aromatic heterocycles. The minimum Gasteiger partial charge on any atom is -0.228 e. The monoisotopic (exact) mass is 706 g/mol. The van der Waals surface area contributed by atoms with Gasteiger partial charge in [-0.25, -0.2) is 14.5 Å². The van der Waals surface area contributed by atoms with Crippen molar-refractivity contribution in [3.05, 3.63) is 187 Å². The van der Waals surface area contributed by atoms with Gasteiger partial charge in [0.05, 0.1) is 24.0 Å². The van der Waals surface area contributed by atoms with Crippen molar-refractivity contribution in [1.29, 1.82) is 0 Å². The van der Waals surface area contributed by atoms with E-state index in [0.717, 1.165) is 33.9 Å². The Labute approximate surface area is 322 Å². The van der Waals surface area contributed by atoms with Crippen molar-refractivity contribution in [2.75, 3.05) is 7.05 Å².